The zero-order valence-electron chi connectivity index (χ0n) is 10.7. The first kappa shape index (κ1) is 13.0. The standard InChI is InChI=1S/C13H27NO/c1-10(5-6-15)9-14-12-8-13(3,4)7-11(12)2/h10-12,14-15H,5-9H2,1-4H3. The Hall–Kier alpha value is -0.0800. The van der Waals surface area contributed by atoms with Gasteiger partial charge in [-0.05, 0) is 43.1 Å². The normalized spacial score (nSPS) is 31.8. The fourth-order valence-corrected chi connectivity index (χ4v) is 2.84. The first-order chi connectivity index (χ1) is 6.94. The third-order valence-electron chi connectivity index (χ3n) is 3.68. The second kappa shape index (κ2) is 5.31. The van der Waals surface area contributed by atoms with Crippen LogP contribution in [0, 0.1) is 17.3 Å². The summed E-state index contributed by atoms with van der Waals surface area (Å²) in [5.74, 6) is 1.38. The first-order valence-corrected chi connectivity index (χ1v) is 6.29. The number of hydrogen-bond acceptors (Lipinski definition) is 2. The van der Waals surface area contributed by atoms with Crippen molar-refractivity contribution in [3.63, 3.8) is 0 Å². The molecule has 0 heterocycles. The van der Waals surface area contributed by atoms with E-state index in [2.05, 4.69) is 33.0 Å². The molecule has 0 bridgehead atoms. The molecule has 0 amide bonds. The number of hydrogen-bond donors (Lipinski definition) is 2. The molecule has 1 saturated carbocycles. The molecule has 3 unspecified atom stereocenters. The topological polar surface area (TPSA) is 32.3 Å². The van der Waals surface area contributed by atoms with Gasteiger partial charge in [-0.2, -0.15) is 0 Å². The largest absolute Gasteiger partial charge is 0.396 e. The molecule has 0 aliphatic heterocycles. The lowest BCUT2D eigenvalue weighted by Gasteiger charge is -2.20. The highest BCUT2D eigenvalue weighted by molar-refractivity contribution is 4.91. The van der Waals surface area contributed by atoms with Gasteiger partial charge < -0.3 is 10.4 Å². The van der Waals surface area contributed by atoms with Gasteiger partial charge in [0.1, 0.15) is 0 Å². The molecule has 2 N–H and O–H groups in total. The van der Waals surface area contributed by atoms with Crippen LogP contribution in [0.3, 0.4) is 0 Å². The highest BCUT2D eigenvalue weighted by Crippen LogP contribution is 2.40. The van der Waals surface area contributed by atoms with E-state index in [1.165, 1.54) is 12.8 Å². The summed E-state index contributed by atoms with van der Waals surface area (Å²) in [6.07, 6.45) is 3.54. The lowest BCUT2D eigenvalue weighted by molar-refractivity contribution is 0.255. The van der Waals surface area contributed by atoms with Gasteiger partial charge in [0.25, 0.3) is 0 Å². The highest BCUT2D eigenvalue weighted by Gasteiger charge is 2.36. The summed E-state index contributed by atoms with van der Waals surface area (Å²) in [4.78, 5) is 0. The van der Waals surface area contributed by atoms with Crippen LogP contribution in [0.4, 0.5) is 0 Å². The Morgan fingerprint density at radius 2 is 2.07 bits per heavy atom. The van der Waals surface area contributed by atoms with E-state index < -0.39 is 0 Å². The van der Waals surface area contributed by atoms with E-state index in [1.54, 1.807) is 0 Å². The van der Waals surface area contributed by atoms with Crippen molar-refractivity contribution in [2.45, 2.75) is 53.0 Å². The van der Waals surface area contributed by atoms with Crippen molar-refractivity contribution in [1.29, 1.82) is 0 Å². The molecular formula is C13H27NO. The smallest absolute Gasteiger partial charge is 0.0434 e. The van der Waals surface area contributed by atoms with Crippen LogP contribution >= 0.6 is 0 Å². The molecule has 3 atom stereocenters. The second-order valence-corrected chi connectivity index (χ2v) is 6.18. The molecule has 0 radical (unpaired) electrons. The van der Waals surface area contributed by atoms with Gasteiger partial charge in [0.05, 0.1) is 0 Å². The molecule has 0 aromatic heterocycles. The average molecular weight is 213 g/mol. The van der Waals surface area contributed by atoms with Gasteiger partial charge in [0.15, 0.2) is 0 Å². The molecule has 90 valence electrons. The Labute approximate surface area is 94.5 Å². The summed E-state index contributed by atoms with van der Waals surface area (Å²) in [5, 5.41) is 12.5. The summed E-state index contributed by atoms with van der Waals surface area (Å²) >= 11 is 0. The maximum atomic E-state index is 8.84. The molecule has 1 aliphatic carbocycles. The van der Waals surface area contributed by atoms with Crippen molar-refractivity contribution >= 4 is 0 Å². The molecule has 15 heavy (non-hydrogen) atoms. The predicted molar refractivity (Wildman–Crippen MR) is 64.8 cm³/mol. The summed E-state index contributed by atoms with van der Waals surface area (Å²) in [6.45, 7) is 10.6. The molecule has 0 spiro atoms. The van der Waals surface area contributed by atoms with Crippen LogP contribution in [0.1, 0.15) is 47.0 Å². The summed E-state index contributed by atoms with van der Waals surface area (Å²) in [7, 11) is 0. The predicted octanol–water partition coefficient (Wildman–Crippen LogP) is 2.42. The number of rotatable bonds is 5. The van der Waals surface area contributed by atoms with Crippen LogP contribution < -0.4 is 5.32 Å². The van der Waals surface area contributed by atoms with Crippen LogP contribution in [-0.4, -0.2) is 24.3 Å². The van der Waals surface area contributed by atoms with Gasteiger partial charge >= 0.3 is 0 Å². The molecule has 1 fully saturated rings. The van der Waals surface area contributed by atoms with E-state index in [4.69, 9.17) is 5.11 Å². The van der Waals surface area contributed by atoms with Crippen molar-refractivity contribution in [2.24, 2.45) is 17.3 Å². The summed E-state index contributed by atoms with van der Waals surface area (Å²) < 4.78 is 0. The van der Waals surface area contributed by atoms with E-state index in [9.17, 15) is 0 Å². The Kier molecular flexibility index (Phi) is 4.60. The van der Waals surface area contributed by atoms with Crippen molar-refractivity contribution in [3.05, 3.63) is 0 Å². The zero-order valence-corrected chi connectivity index (χ0v) is 10.7. The number of nitrogens with one attached hydrogen (secondary N) is 1. The van der Waals surface area contributed by atoms with E-state index in [1.807, 2.05) is 0 Å². The third-order valence-corrected chi connectivity index (χ3v) is 3.68. The van der Waals surface area contributed by atoms with Crippen molar-refractivity contribution < 1.29 is 5.11 Å². The monoisotopic (exact) mass is 213 g/mol. The Morgan fingerprint density at radius 3 is 2.53 bits per heavy atom. The van der Waals surface area contributed by atoms with E-state index in [0.29, 0.717) is 24.0 Å². The minimum Gasteiger partial charge on any atom is -0.396 e. The Balaban J connectivity index is 2.27. The molecule has 1 aliphatic rings. The van der Waals surface area contributed by atoms with E-state index >= 15 is 0 Å². The fourth-order valence-electron chi connectivity index (χ4n) is 2.84. The number of aliphatic hydroxyl groups excluding tert-OH is 1. The minimum atomic E-state index is 0.314. The molecule has 2 heteroatoms. The van der Waals surface area contributed by atoms with Crippen LogP contribution in [0.2, 0.25) is 0 Å². The van der Waals surface area contributed by atoms with Crippen molar-refractivity contribution in [2.75, 3.05) is 13.2 Å². The first-order valence-electron chi connectivity index (χ1n) is 6.29. The molecule has 1 rings (SSSR count). The zero-order chi connectivity index (χ0) is 11.5. The van der Waals surface area contributed by atoms with Gasteiger partial charge in [-0.1, -0.05) is 27.7 Å². The highest BCUT2D eigenvalue weighted by atomic mass is 16.3. The van der Waals surface area contributed by atoms with E-state index in [0.717, 1.165) is 18.9 Å². The van der Waals surface area contributed by atoms with Gasteiger partial charge in [-0.25, -0.2) is 0 Å². The summed E-state index contributed by atoms with van der Waals surface area (Å²) in [5.41, 5.74) is 0.511. The third kappa shape index (κ3) is 4.12. The average Bonchev–Trinajstić information content (AvgIpc) is 2.36. The maximum absolute atomic E-state index is 8.84. The van der Waals surface area contributed by atoms with E-state index in [-0.39, 0.29) is 0 Å². The van der Waals surface area contributed by atoms with Gasteiger partial charge in [0.2, 0.25) is 0 Å². The van der Waals surface area contributed by atoms with Gasteiger partial charge in [-0.3, -0.25) is 0 Å². The molecule has 0 saturated heterocycles. The molecule has 0 aromatic carbocycles. The number of aliphatic hydroxyl groups is 1. The van der Waals surface area contributed by atoms with Gasteiger partial charge in [0, 0.05) is 12.6 Å². The molecular weight excluding hydrogens is 186 g/mol. The van der Waals surface area contributed by atoms with Gasteiger partial charge in [-0.15, -0.1) is 0 Å². The molecule has 2 nitrogen and oxygen atoms in total. The Morgan fingerprint density at radius 1 is 1.40 bits per heavy atom. The van der Waals surface area contributed by atoms with Crippen LogP contribution in [0.25, 0.3) is 0 Å². The van der Waals surface area contributed by atoms with Crippen LogP contribution in [0.5, 0.6) is 0 Å². The van der Waals surface area contributed by atoms with Crippen LogP contribution in [-0.2, 0) is 0 Å². The minimum absolute atomic E-state index is 0.314. The second-order valence-electron chi connectivity index (χ2n) is 6.18. The molecule has 0 aromatic rings. The van der Waals surface area contributed by atoms with Crippen molar-refractivity contribution in [3.8, 4) is 0 Å². The SMILES string of the molecule is CC(CCO)CNC1CC(C)(C)CC1C. The van der Waals surface area contributed by atoms with Crippen LogP contribution in [0.15, 0.2) is 0 Å². The lowest BCUT2D eigenvalue weighted by Crippen LogP contribution is -2.35. The van der Waals surface area contributed by atoms with Crippen molar-refractivity contribution in [1.82, 2.24) is 5.32 Å². The quantitative estimate of drug-likeness (QED) is 0.735. The summed E-state index contributed by atoms with van der Waals surface area (Å²) in [6, 6.07) is 0.682. The lowest BCUT2D eigenvalue weighted by atomic mass is 9.91. The fraction of sp³-hybridized carbons (Fsp3) is 1.00. The maximum Gasteiger partial charge on any atom is 0.0434 e. The Bertz CT molecular complexity index is 191.